The molecule has 1 fully saturated rings. The van der Waals surface area contributed by atoms with Crippen LogP contribution in [0.25, 0.3) is 10.4 Å². The van der Waals surface area contributed by atoms with Crippen molar-refractivity contribution in [1.29, 1.82) is 0 Å². The summed E-state index contributed by atoms with van der Waals surface area (Å²) in [5.41, 5.74) is 4.64. The van der Waals surface area contributed by atoms with Crippen LogP contribution in [-0.2, 0) is 9.84 Å². The summed E-state index contributed by atoms with van der Waals surface area (Å²) in [6, 6.07) is 6.71. The van der Waals surface area contributed by atoms with Crippen molar-refractivity contribution in [3.05, 3.63) is 58.8 Å². The molecule has 8 nitrogen and oxygen atoms in total. The van der Waals surface area contributed by atoms with Crippen molar-refractivity contribution in [3.8, 4) is 0 Å². The lowest BCUT2D eigenvalue weighted by Gasteiger charge is -2.31. The molecule has 37 heavy (non-hydrogen) atoms. The van der Waals surface area contributed by atoms with Gasteiger partial charge in [-0.25, -0.2) is 13.4 Å². The van der Waals surface area contributed by atoms with Crippen LogP contribution in [0.3, 0.4) is 0 Å². The number of H-pyrrole nitrogens is 1. The van der Waals surface area contributed by atoms with Crippen LogP contribution in [0.1, 0.15) is 86.5 Å². The van der Waals surface area contributed by atoms with Gasteiger partial charge in [0.25, 0.3) is 5.82 Å². The Kier molecular flexibility index (Phi) is 8.20. The molecule has 1 aromatic heterocycles. The van der Waals surface area contributed by atoms with Crippen LogP contribution in [0.5, 0.6) is 0 Å². The quantitative estimate of drug-likeness (QED) is 0.398. The van der Waals surface area contributed by atoms with E-state index in [0.717, 1.165) is 56.2 Å². The predicted molar refractivity (Wildman–Crippen MR) is 148 cm³/mol. The van der Waals surface area contributed by atoms with E-state index in [0.29, 0.717) is 18.5 Å². The Morgan fingerprint density at radius 1 is 1.24 bits per heavy atom. The molecular formula is C28H37N5O3S. The summed E-state index contributed by atoms with van der Waals surface area (Å²) < 4.78 is 22.8. The predicted octanol–water partition coefficient (Wildman–Crippen LogP) is 5.47. The van der Waals surface area contributed by atoms with Gasteiger partial charge in [0.2, 0.25) is 5.82 Å². The molecule has 0 saturated heterocycles. The van der Waals surface area contributed by atoms with Crippen LogP contribution >= 0.6 is 0 Å². The Hall–Kier alpha value is -2.96. The molecular weight excluding hydrogens is 486 g/mol. The zero-order valence-electron chi connectivity index (χ0n) is 21.9. The second-order valence-corrected chi connectivity index (χ2v) is 13.5. The van der Waals surface area contributed by atoms with Crippen molar-refractivity contribution in [3.63, 3.8) is 0 Å². The fraction of sp³-hybridized carbons (Fsp3) is 0.536. The summed E-state index contributed by atoms with van der Waals surface area (Å²) in [6.45, 7) is 12.2. The minimum absolute atomic E-state index is 0.126. The van der Waals surface area contributed by atoms with Crippen molar-refractivity contribution in [1.82, 2.24) is 15.3 Å². The number of benzene rings is 1. The number of amides is 1. The highest BCUT2D eigenvalue weighted by Crippen LogP contribution is 2.42. The highest BCUT2D eigenvalue weighted by Gasteiger charge is 2.26. The zero-order valence-corrected chi connectivity index (χ0v) is 22.7. The Morgan fingerprint density at radius 3 is 2.62 bits per heavy atom. The standard InChI is InChI=1S/C28H37N5O3S/c1-28(2)13-11-20(12-14-28)23-17-21(19-5-8-22(9-6-19)30-15-16-37(4,35)36)7-10-24(23)32-27(34)26-31-18-25(29-3)33-26/h7,10-11,17-19,22,30H,5-6,8-9,12-16H2,1-2,4H3,(H,31,33)(H,32,34). The van der Waals surface area contributed by atoms with Crippen LogP contribution in [0, 0.1) is 12.0 Å². The van der Waals surface area contributed by atoms with Gasteiger partial charge in [0.05, 0.1) is 11.9 Å². The van der Waals surface area contributed by atoms with Crippen molar-refractivity contribution in [2.45, 2.75) is 70.8 Å². The van der Waals surface area contributed by atoms with Gasteiger partial charge < -0.3 is 15.5 Å². The lowest BCUT2D eigenvalue weighted by atomic mass is 9.76. The molecule has 0 spiro atoms. The largest absolute Gasteiger partial charge is 0.363 e. The monoisotopic (exact) mass is 523 g/mol. The van der Waals surface area contributed by atoms with Crippen molar-refractivity contribution >= 4 is 32.8 Å². The van der Waals surface area contributed by atoms with Crippen LogP contribution in [0.15, 0.2) is 30.5 Å². The minimum atomic E-state index is -2.95. The lowest BCUT2D eigenvalue weighted by molar-refractivity contribution is 0.101. The minimum Gasteiger partial charge on any atom is -0.363 e. The van der Waals surface area contributed by atoms with Gasteiger partial charge in [-0.3, -0.25) is 9.78 Å². The van der Waals surface area contributed by atoms with Gasteiger partial charge in [-0.1, -0.05) is 32.6 Å². The first-order valence-corrected chi connectivity index (χ1v) is 15.1. The SMILES string of the molecule is [C-]#[N+]c1cnc(C(=O)Nc2ccc(C3CCC(NCCS(C)(=O)=O)CC3)cc2C2=CCC(C)(C)CC2)[nH]1. The summed E-state index contributed by atoms with van der Waals surface area (Å²) in [6.07, 6.45) is 12.1. The second-order valence-electron chi connectivity index (χ2n) is 11.2. The van der Waals surface area contributed by atoms with Crippen LogP contribution in [0.4, 0.5) is 11.5 Å². The maximum atomic E-state index is 12.9. The third-order valence-corrected chi connectivity index (χ3v) is 8.56. The Bertz CT molecular complexity index is 1310. The molecule has 4 rings (SSSR count). The van der Waals surface area contributed by atoms with E-state index in [1.807, 2.05) is 6.07 Å². The second kappa shape index (κ2) is 11.2. The number of hydrogen-bond donors (Lipinski definition) is 3. The maximum absolute atomic E-state index is 12.9. The molecule has 1 heterocycles. The van der Waals surface area contributed by atoms with E-state index in [-0.39, 0.29) is 28.7 Å². The summed E-state index contributed by atoms with van der Waals surface area (Å²) in [5, 5.41) is 6.43. The first-order valence-electron chi connectivity index (χ1n) is 13.0. The molecule has 3 N–H and O–H groups in total. The van der Waals surface area contributed by atoms with Crippen LogP contribution < -0.4 is 10.6 Å². The number of aromatic nitrogens is 2. The number of carbonyl (C=O) groups excluding carboxylic acids is 1. The molecule has 1 amide bonds. The fourth-order valence-electron chi connectivity index (χ4n) is 5.26. The number of nitrogens with zero attached hydrogens (tertiary/aromatic N) is 2. The molecule has 0 radical (unpaired) electrons. The smallest absolute Gasteiger partial charge is 0.314 e. The summed E-state index contributed by atoms with van der Waals surface area (Å²) >= 11 is 0. The number of aromatic amines is 1. The molecule has 198 valence electrons. The molecule has 1 aromatic carbocycles. The average molecular weight is 524 g/mol. The summed E-state index contributed by atoms with van der Waals surface area (Å²) in [4.78, 5) is 23.0. The Labute approximate surface area is 220 Å². The van der Waals surface area contributed by atoms with E-state index < -0.39 is 9.84 Å². The first kappa shape index (κ1) is 27.1. The van der Waals surface area contributed by atoms with Gasteiger partial charge in [-0.05, 0) is 79.5 Å². The normalized spacial score (nSPS) is 21.6. The topological polar surface area (TPSA) is 108 Å². The van der Waals surface area contributed by atoms with E-state index in [1.165, 1.54) is 23.6 Å². The molecule has 0 bridgehead atoms. The molecule has 2 aliphatic carbocycles. The molecule has 0 aliphatic heterocycles. The van der Waals surface area contributed by atoms with Crippen molar-refractivity contribution < 1.29 is 13.2 Å². The van der Waals surface area contributed by atoms with Gasteiger partial charge >= 0.3 is 5.91 Å². The number of carbonyl (C=O) groups is 1. The number of rotatable bonds is 8. The summed E-state index contributed by atoms with van der Waals surface area (Å²) in [7, 11) is -2.95. The van der Waals surface area contributed by atoms with Crippen molar-refractivity contribution in [2.24, 2.45) is 5.41 Å². The van der Waals surface area contributed by atoms with E-state index in [1.54, 1.807) is 0 Å². The third-order valence-electron chi connectivity index (χ3n) is 7.61. The van der Waals surface area contributed by atoms with E-state index in [4.69, 9.17) is 6.57 Å². The fourth-order valence-corrected chi connectivity index (χ4v) is 5.75. The number of allylic oxidation sites excluding steroid dienone is 2. The zero-order chi connectivity index (χ0) is 26.6. The van der Waals surface area contributed by atoms with Crippen LogP contribution in [-0.4, -0.2) is 48.9 Å². The van der Waals surface area contributed by atoms with Gasteiger partial charge in [0.1, 0.15) is 9.84 Å². The van der Waals surface area contributed by atoms with Gasteiger partial charge in [-0.2, -0.15) is 0 Å². The van der Waals surface area contributed by atoms with Gasteiger partial charge in [0, 0.05) is 30.1 Å². The molecule has 0 atom stereocenters. The first-order chi connectivity index (χ1) is 17.5. The number of sulfone groups is 1. The molecule has 1 saturated carbocycles. The number of imidazole rings is 1. The Balaban J connectivity index is 1.50. The highest BCUT2D eigenvalue weighted by molar-refractivity contribution is 7.90. The molecule has 2 aromatic rings. The highest BCUT2D eigenvalue weighted by atomic mass is 32.2. The third kappa shape index (κ3) is 7.30. The van der Waals surface area contributed by atoms with Gasteiger partial charge in [-0.15, -0.1) is 0 Å². The summed E-state index contributed by atoms with van der Waals surface area (Å²) in [5.74, 6) is 0.609. The average Bonchev–Trinajstić information content (AvgIpc) is 3.34. The molecule has 0 unspecified atom stereocenters. The molecule has 2 aliphatic rings. The molecule has 9 heteroatoms. The number of anilines is 1. The van der Waals surface area contributed by atoms with E-state index in [2.05, 4.69) is 57.5 Å². The number of nitrogens with one attached hydrogen (secondary N) is 3. The van der Waals surface area contributed by atoms with Gasteiger partial charge in [0.15, 0.2) is 0 Å². The lowest BCUT2D eigenvalue weighted by Crippen LogP contribution is -2.35. The Morgan fingerprint density at radius 2 is 2.00 bits per heavy atom. The maximum Gasteiger partial charge on any atom is 0.314 e. The van der Waals surface area contributed by atoms with E-state index >= 15 is 0 Å². The number of hydrogen-bond acceptors (Lipinski definition) is 5. The van der Waals surface area contributed by atoms with Crippen LogP contribution in [0.2, 0.25) is 0 Å². The van der Waals surface area contributed by atoms with Crippen molar-refractivity contribution in [2.75, 3.05) is 23.9 Å². The van der Waals surface area contributed by atoms with E-state index in [9.17, 15) is 13.2 Å².